The molecule has 0 radical (unpaired) electrons. The SMILES string of the molecule is Cc1ccc(C2NC(=O)Oc3ccc4ccccc4c32)cc1. The number of amides is 1. The zero-order chi connectivity index (χ0) is 15.1. The van der Waals surface area contributed by atoms with Gasteiger partial charge in [-0.2, -0.15) is 0 Å². The third-order valence-corrected chi connectivity index (χ3v) is 4.09. The summed E-state index contributed by atoms with van der Waals surface area (Å²) in [5.74, 6) is 0.632. The molecule has 3 aromatic carbocycles. The second kappa shape index (κ2) is 4.88. The van der Waals surface area contributed by atoms with Crippen LogP contribution >= 0.6 is 0 Å². The number of hydrogen-bond acceptors (Lipinski definition) is 2. The first-order valence-corrected chi connectivity index (χ1v) is 7.29. The summed E-state index contributed by atoms with van der Waals surface area (Å²) in [6.45, 7) is 2.05. The Morgan fingerprint density at radius 1 is 0.955 bits per heavy atom. The van der Waals surface area contributed by atoms with Crippen LogP contribution in [0.4, 0.5) is 4.79 Å². The Labute approximate surface area is 128 Å². The highest BCUT2D eigenvalue weighted by Crippen LogP contribution is 2.38. The van der Waals surface area contributed by atoms with E-state index >= 15 is 0 Å². The number of hydrogen-bond donors (Lipinski definition) is 1. The Morgan fingerprint density at radius 2 is 1.73 bits per heavy atom. The number of carbonyl (C=O) groups is 1. The topological polar surface area (TPSA) is 38.3 Å². The van der Waals surface area contributed by atoms with E-state index in [1.807, 2.05) is 24.3 Å². The van der Waals surface area contributed by atoms with Gasteiger partial charge in [0.2, 0.25) is 0 Å². The van der Waals surface area contributed by atoms with E-state index in [-0.39, 0.29) is 6.04 Å². The van der Waals surface area contributed by atoms with Crippen LogP contribution in [0.25, 0.3) is 10.8 Å². The van der Waals surface area contributed by atoms with Crippen LogP contribution < -0.4 is 10.1 Å². The predicted octanol–water partition coefficient (Wildman–Crippen LogP) is 4.34. The van der Waals surface area contributed by atoms with Gasteiger partial charge in [0.25, 0.3) is 0 Å². The lowest BCUT2D eigenvalue weighted by Gasteiger charge is -2.28. The highest BCUT2D eigenvalue weighted by molar-refractivity contribution is 5.91. The number of rotatable bonds is 1. The number of nitrogens with one attached hydrogen (secondary N) is 1. The number of ether oxygens (including phenoxy) is 1. The molecule has 0 saturated heterocycles. The van der Waals surface area contributed by atoms with Crippen molar-refractivity contribution in [3.8, 4) is 5.75 Å². The predicted molar refractivity (Wildman–Crippen MR) is 86.1 cm³/mol. The lowest BCUT2D eigenvalue weighted by atomic mass is 9.92. The van der Waals surface area contributed by atoms with Crippen LogP contribution in [0.5, 0.6) is 5.75 Å². The summed E-state index contributed by atoms with van der Waals surface area (Å²) < 4.78 is 5.37. The number of benzene rings is 3. The number of aryl methyl sites for hydroxylation is 1. The van der Waals surface area contributed by atoms with E-state index in [4.69, 9.17) is 4.74 Å². The second-order valence-electron chi connectivity index (χ2n) is 5.58. The minimum Gasteiger partial charge on any atom is -0.410 e. The first kappa shape index (κ1) is 12.9. The van der Waals surface area contributed by atoms with Crippen molar-refractivity contribution >= 4 is 16.9 Å². The van der Waals surface area contributed by atoms with Gasteiger partial charge in [-0.1, -0.05) is 60.2 Å². The van der Waals surface area contributed by atoms with Gasteiger partial charge >= 0.3 is 6.09 Å². The van der Waals surface area contributed by atoms with Crippen molar-refractivity contribution in [2.45, 2.75) is 13.0 Å². The lowest BCUT2D eigenvalue weighted by Crippen LogP contribution is -2.36. The van der Waals surface area contributed by atoms with Crippen LogP contribution in [0.15, 0.2) is 60.7 Å². The van der Waals surface area contributed by atoms with Crippen LogP contribution in [0.3, 0.4) is 0 Å². The van der Waals surface area contributed by atoms with Gasteiger partial charge in [0.1, 0.15) is 5.75 Å². The molecule has 3 aromatic rings. The van der Waals surface area contributed by atoms with Crippen molar-refractivity contribution in [3.05, 3.63) is 77.4 Å². The Kier molecular flexibility index (Phi) is 2.86. The zero-order valence-corrected chi connectivity index (χ0v) is 12.2. The molecule has 0 fully saturated rings. The van der Waals surface area contributed by atoms with Gasteiger partial charge in [0, 0.05) is 5.56 Å². The molecule has 22 heavy (non-hydrogen) atoms. The van der Waals surface area contributed by atoms with E-state index in [2.05, 4.69) is 48.6 Å². The Hall–Kier alpha value is -2.81. The van der Waals surface area contributed by atoms with Crippen LogP contribution in [-0.2, 0) is 0 Å². The van der Waals surface area contributed by atoms with Gasteiger partial charge in [-0.25, -0.2) is 4.79 Å². The van der Waals surface area contributed by atoms with Gasteiger partial charge in [0.05, 0.1) is 6.04 Å². The largest absolute Gasteiger partial charge is 0.413 e. The monoisotopic (exact) mass is 289 g/mol. The van der Waals surface area contributed by atoms with Crippen molar-refractivity contribution < 1.29 is 9.53 Å². The summed E-state index contributed by atoms with van der Waals surface area (Å²) in [5.41, 5.74) is 3.27. The quantitative estimate of drug-likeness (QED) is 0.723. The smallest absolute Gasteiger partial charge is 0.410 e. The molecular formula is C19H15NO2. The Balaban J connectivity index is 1.97. The van der Waals surface area contributed by atoms with Gasteiger partial charge in [-0.3, -0.25) is 0 Å². The lowest BCUT2D eigenvalue weighted by molar-refractivity contribution is 0.191. The maximum Gasteiger partial charge on any atom is 0.413 e. The van der Waals surface area contributed by atoms with Crippen molar-refractivity contribution in [1.82, 2.24) is 5.32 Å². The average molecular weight is 289 g/mol. The van der Waals surface area contributed by atoms with Crippen molar-refractivity contribution in [2.75, 3.05) is 0 Å². The Bertz CT molecular complexity index is 868. The normalized spacial score (nSPS) is 16.8. The van der Waals surface area contributed by atoms with Gasteiger partial charge < -0.3 is 10.1 Å². The molecule has 1 atom stereocenters. The molecule has 3 heteroatoms. The molecule has 1 unspecified atom stereocenters. The summed E-state index contributed by atoms with van der Waals surface area (Å²) in [4.78, 5) is 11.9. The Morgan fingerprint density at radius 3 is 2.55 bits per heavy atom. The molecule has 1 heterocycles. The van der Waals surface area contributed by atoms with Crippen molar-refractivity contribution in [1.29, 1.82) is 0 Å². The molecule has 1 aliphatic heterocycles. The fourth-order valence-electron chi connectivity index (χ4n) is 2.99. The standard InChI is InChI=1S/C19H15NO2/c1-12-6-8-14(9-7-12)18-17-15-5-3-2-4-13(15)10-11-16(17)22-19(21)20-18/h2-11,18H,1H3,(H,20,21). The van der Waals surface area contributed by atoms with E-state index in [1.54, 1.807) is 0 Å². The molecule has 1 aliphatic rings. The molecular weight excluding hydrogens is 274 g/mol. The van der Waals surface area contributed by atoms with E-state index in [0.717, 1.165) is 21.9 Å². The molecule has 4 rings (SSSR count). The minimum atomic E-state index is -0.409. The molecule has 1 amide bonds. The maximum atomic E-state index is 11.9. The molecule has 108 valence electrons. The first-order chi connectivity index (χ1) is 10.7. The average Bonchev–Trinajstić information content (AvgIpc) is 2.54. The molecule has 3 nitrogen and oxygen atoms in total. The summed E-state index contributed by atoms with van der Waals surface area (Å²) in [7, 11) is 0. The molecule has 0 spiro atoms. The highest BCUT2D eigenvalue weighted by atomic mass is 16.6. The molecule has 0 aliphatic carbocycles. The third kappa shape index (κ3) is 2.02. The summed E-state index contributed by atoms with van der Waals surface area (Å²) in [6.07, 6.45) is -0.409. The van der Waals surface area contributed by atoms with E-state index in [1.165, 1.54) is 5.56 Å². The van der Waals surface area contributed by atoms with Crippen LogP contribution in [0, 0.1) is 6.92 Å². The number of carbonyl (C=O) groups excluding carboxylic acids is 1. The highest BCUT2D eigenvalue weighted by Gasteiger charge is 2.29. The summed E-state index contributed by atoms with van der Waals surface area (Å²) in [5, 5.41) is 5.18. The first-order valence-electron chi connectivity index (χ1n) is 7.29. The molecule has 1 N–H and O–H groups in total. The van der Waals surface area contributed by atoms with Crippen molar-refractivity contribution in [3.63, 3.8) is 0 Å². The maximum absolute atomic E-state index is 11.9. The van der Waals surface area contributed by atoms with E-state index in [9.17, 15) is 4.79 Å². The molecule has 0 bridgehead atoms. The third-order valence-electron chi connectivity index (χ3n) is 4.09. The van der Waals surface area contributed by atoms with Crippen LogP contribution in [0.2, 0.25) is 0 Å². The molecule has 0 aromatic heterocycles. The van der Waals surface area contributed by atoms with Crippen LogP contribution in [0.1, 0.15) is 22.7 Å². The minimum absolute atomic E-state index is 0.192. The summed E-state index contributed by atoms with van der Waals surface area (Å²) >= 11 is 0. The number of fused-ring (bicyclic) bond motifs is 3. The second-order valence-corrected chi connectivity index (χ2v) is 5.58. The van der Waals surface area contributed by atoms with Gasteiger partial charge in [0.15, 0.2) is 0 Å². The fraction of sp³-hybridized carbons (Fsp3) is 0.105. The van der Waals surface area contributed by atoms with E-state index < -0.39 is 6.09 Å². The fourth-order valence-corrected chi connectivity index (χ4v) is 2.99. The van der Waals surface area contributed by atoms with Crippen molar-refractivity contribution in [2.24, 2.45) is 0 Å². The molecule has 0 saturated carbocycles. The summed E-state index contributed by atoms with van der Waals surface area (Å²) in [6, 6.07) is 20.0. The van der Waals surface area contributed by atoms with Crippen LogP contribution in [-0.4, -0.2) is 6.09 Å². The van der Waals surface area contributed by atoms with Gasteiger partial charge in [-0.05, 0) is 29.3 Å². The van der Waals surface area contributed by atoms with Gasteiger partial charge in [-0.15, -0.1) is 0 Å². The zero-order valence-electron chi connectivity index (χ0n) is 12.2. The van der Waals surface area contributed by atoms with E-state index in [0.29, 0.717) is 5.75 Å².